The number of carbonyl (C=O) groups is 1. The van der Waals surface area contributed by atoms with Crippen LogP contribution in [-0.4, -0.2) is 22.9 Å². The third kappa shape index (κ3) is 3.89. The van der Waals surface area contributed by atoms with Crippen molar-refractivity contribution in [1.82, 2.24) is 0 Å². The Labute approximate surface area is 142 Å². The summed E-state index contributed by atoms with van der Waals surface area (Å²) >= 11 is 0. The van der Waals surface area contributed by atoms with Gasteiger partial charge in [0.05, 0.1) is 28.6 Å². The van der Waals surface area contributed by atoms with Gasteiger partial charge < -0.3 is 10.1 Å². The number of hydrogen-bond acceptors (Lipinski definition) is 7. The minimum Gasteiger partial charge on any atom is -0.465 e. The van der Waals surface area contributed by atoms with Gasteiger partial charge in [0.25, 0.3) is 11.4 Å². The van der Waals surface area contributed by atoms with E-state index in [0.29, 0.717) is 0 Å². The first-order valence-corrected chi connectivity index (χ1v) is 7.18. The number of non-ortho nitro benzene ring substituents is 1. The molecule has 0 radical (unpaired) electrons. The first-order valence-electron chi connectivity index (χ1n) is 7.18. The fraction of sp³-hybridized carbons (Fsp3) is 0.188. The molecule has 2 rings (SSSR count). The number of hydrogen-bond donors (Lipinski definition) is 1. The lowest BCUT2D eigenvalue weighted by Crippen LogP contribution is -2.12. The summed E-state index contributed by atoms with van der Waals surface area (Å²) in [4.78, 5) is 32.7. The van der Waals surface area contributed by atoms with Crippen LogP contribution in [0.25, 0.3) is 0 Å². The van der Waals surface area contributed by atoms with Gasteiger partial charge in [0, 0.05) is 12.6 Å². The zero-order valence-corrected chi connectivity index (χ0v) is 13.5. The van der Waals surface area contributed by atoms with Gasteiger partial charge in [0.1, 0.15) is 5.69 Å². The number of benzene rings is 2. The first kappa shape index (κ1) is 17.9. The van der Waals surface area contributed by atoms with E-state index in [0.717, 1.165) is 30.4 Å². The number of methoxy groups -OCH3 is 1. The van der Waals surface area contributed by atoms with E-state index in [1.54, 1.807) is 0 Å². The van der Waals surface area contributed by atoms with E-state index in [9.17, 15) is 25.0 Å². The third-order valence-corrected chi connectivity index (χ3v) is 3.63. The monoisotopic (exact) mass is 345 g/mol. The topological polar surface area (TPSA) is 125 Å². The van der Waals surface area contributed by atoms with Gasteiger partial charge in [-0.05, 0) is 18.1 Å². The summed E-state index contributed by atoms with van der Waals surface area (Å²) in [6, 6.07) is 9.15. The molecular formula is C16H15N3O6. The Balaban J connectivity index is 2.53. The molecule has 9 nitrogen and oxygen atoms in total. The molecule has 25 heavy (non-hydrogen) atoms. The van der Waals surface area contributed by atoms with Crippen molar-refractivity contribution >= 4 is 23.0 Å². The van der Waals surface area contributed by atoms with Crippen molar-refractivity contribution in [2.75, 3.05) is 12.4 Å². The lowest BCUT2D eigenvalue weighted by Gasteiger charge is -2.12. The number of nitro groups is 2. The van der Waals surface area contributed by atoms with Crippen molar-refractivity contribution in [3.8, 4) is 0 Å². The maximum atomic E-state index is 12.0. The average Bonchev–Trinajstić information content (AvgIpc) is 2.59. The van der Waals surface area contributed by atoms with Crippen LogP contribution in [0.1, 0.15) is 21.5 Å². The van der Waals surface area contributed by atoms with Crippen molar-refractivity contribution in [3.63, 3.8) is 0 Å². The summed E-state index contributed by atoms with van der Waals surface area (Å²) in [7, 11) is 1.10. The molecule has 0 atom stereocenters. The highest BCUT2D eigenvalue weighted by Gasteiger charge is 2.28. The molecule has 0 amide bonds. The minimum atomic E-state index is -0.904. The van der Waals surface area contributed by atoms with Gasteiger partial charge in [0.2, 0.25) is 0 Å². The van der Waals surface area contributed by atoms with E-state index in [-0.39, 0.29) is 17.8 Å². The first-order chi connectivity index (χ1) is 11.8. The van der Waals surface area contributed by atoms with E-state index < -0.39 is 27.2 Å². The Morgan fingerprint density at radius 1 is 1.16 bits per heavy atom. The highest BCUT2D eigenvalue weighted by atomic mass is 16.6. The van der Waals surface area contributed by atoms with Gasteiger partial charge in [-0.15, -0.1) is 0 Å². The maximum absolute atomic E-state index is 12.0. The molecule has 0 fully saturated rings. The smallest absolute Gasteiger partial charge is 0.340 e. The molecule has 0 aliphatic heterocycles. The van der Waals surface area contributed by atoms with Gasteiger partial charge >= 0.3 is 5.97 Å². The second-order valence-corrected chi connectivity index (χ2v) is 5.17. The second-order valence-electron chi connectivity index (χ2n) is 5.17. The molecule has 0 aromatic heterocycles. The van der Waals surface area contributed by atoms with Gasteiger partial charge in [-0.2, -0.15) is 0 Å². The molecule has 0 heterocycles. The third-order valence-electron chi connectivity index (χ3n) is 3.63. The molecule has 130 valence electrons. The lowest BCUT2D eigenvalue weighted by atomic mass is 10.1. The Morgan fingerprint density at radius 2 is 1.84 bits per heavy atom. The molecule has 9 heteroatoms. The number of esters is 1. The molecule has 2 aromatic rings. The molecule has 1 N–H and O–H groups in total. The summed E-state index contributed by atoms with van der Waals surface area (Å²) in [6.45, 7) is 2.08. The average molecular weight is 345 g/mol. The number of carbonyl (C=O) groups excluding carboxylic acids is 1. The zero-order chi connectivity index (χ0) is 18.6. The standard InChI is InChI=1S/C16H15N3O6/c1-10-5-3-4-6-11(10)9-17-15-13(16(20)25-2)7-12(18(21)22)8-14(15)19(23)24/h3-8,17H,9H2,1-2H3. The molecule has 0 unspecified atom stereocenters. The molecule has 0 bridgehead atoms. The van der Waals surface area contributed by atoms with Crippen molar-refractivity contribution in [1.29, 1.82) is 0 Å². The molecule has 0 saturated carbocycles. The summed E-state index contributed by atoms with van der Waals surface area (Å²) in [6.07, 6.45) is 0. The van der Waals surface area contributed by atoms with Crippen molar-refractivity contribution < 1.29 is 19.4 Å². The largest absolute Gasteiger partial charge is 0.465 e. The molecule has 0 spiro atoms. The maximum Gasteiger partial charge on any atom is 0.340 e. The Morgan fingerprint density at radius 3 is 2.40 bits per heavy atom. The molecule has 2 aromatic carbocycles. The van der Waals surface area contributed by atoms with E-state index >= 15 is 0 Å². The van der Waals surface area contributed by atoms with Crippen LogP contribution in [0.15, 0.2) is 36.4 Å². The Kier molecular flexibility index (Phi) is 5.28. The van der Waals surface area contributed by atoms with Gasteiger partial charge in [-0.25, -0.2) is 4.79 Å². The Hall–Kier alpha value is -3.49. The number of aryl methyl sites for hydroxylation is 1. The van der Waals surface area contributed by atoms with Crippen LogP contribution in [0.3, 0.4) is 0 Å². The van der Waals surface area contributed by atoms with Crippen molar-refractivity contribution in [2.45, 2.75) is 13.5 Å². The predicted octanol–water partition coefficient (Wildman–Crippen LogP) is 3.21. The molecule has 0 saturated heterocycles. The summed E-state index contributed by atoms with van der Waals surface area (Å²) in [5.41, 5.74) is 0.310. The number of ether oxygens (including phenoxy) is 1. The number of nitro benzene ring substituents is 2. The van der Waals surface area contributed by atoms with Crippen LogP contribution in [-0.2, 0) is 11.3 Å². The van der Waals surface area contributed by atoms with Gasteiger partial charge in [0.15, 0.2) is 0 Å². The second kappa shape index (κ2) is 7.39. The fourth-order valence-electron chi connectivity index (χ4n) is 2.31. The highest BCUT2D eigenvalue weighted by Crippen LogP contribution is 2.34. The quantitative estimate of drug-likeness (QED) is 0.484. The van der Waals surface area contributed by atoms with Crippen LogP contribution in [0, 0.1) is 27.2 Å². The van der Waals surface area contributed by atoms with E-state index in [1.807, 2.05) is 31.2 Å². The number of nitrogens with zero attached hydrogens (tertiary/aromatic N) is 2. The normalized spacial score (nSPS) is 10.2. The number of rotatable bonds is 6. The number of nitrogens with one attached hydrogen (secondary N) is 1. The molecular weight excluding hydrogens is 330 g/mol. The van der Waals surface area contributed by atoms with Crippen LogP contribution >= 0.6 is 0 Å². The van der Waals surface area contributed by atoms with E-state index in [4.69, 9.17) is 0 Å². The molecule has 0 aliphatic rings. The SMILES string of the molecule is COC(=O)c1cc([N+](=O)[O-])cc([N+](=O)[O-])c1NCc1ccccc1C. The predicted molar refractivity (Wildman–Crippen MR) is 89.6 cm³/mol. The summed E-state index contributed by atoms with van der Waals surface area (Å²) in [5, 5.41) is 25.2. The van der Waals surface area contributed by atoms with Crippen LogP contribution in [0.4, 0.5) is 17.1 Å². The molecule has 0 aliphatic carbocycles. The minimum absolute atomic E-state index is 0.120. The zero-order valence-electron chi connectivity index (χ0n) is 13.5. The van der Waals surface area contributed by atoms with E-state index in [1.165, 1.54) is 0 Å². The van der Waals surface area contributed by atoms with Gasteiger partial charge in [-0.1, -0.05) is 24.3 Å². The Bertz CT molecular complexity index is 850. The van der Waals surface area contributed by atoms with Gasteiger partial charge in [-0.3, -0.25) is 20.2 Å². The highest BCUT2D eigenvalue weighted by molar-refractivity contribution is 5.99. The van der Waals surface area contributed by atoms with Crippen molar-refractivity contribution in [3.05, 3.63) is 73.3 Å². The van der Waals surface area contributed by atoms with Crippen LogP contribution in [0.2, 0.25) is 0 Å². The van der Waals surface area contributed by atoms with E-state index in [2.05, 4.69) is 10.1 Å². The summed E-state index contributed by atoms with van der Waals surface area (Å²) in [5.74, 6) is -0.904. The van der Waals surface area contributed by atoms with Crippen molar-refractivity contribution in [2.24, 2.45) is 0 Å². The lowest BCUT2D eigenvalue weighted by molar-refractivity contribution is -0.393. The summed E-state index contributed by atoms with van der Waals surface area (Å²) < 4.78 is 4.60. The fourth-order valence-corrected chi connectivity index (χ4v) is 2.31. The van der Waals surface area contributed by atoms with Crippen LogP contribution < -0.4 is 5.32 Å². The number of anilines is 1. The van der Waals surface area contributed by atoms with Crippen LogP contribution in [0.5, 0.6) is 0 Å².